The van der Waals surface area contributed by atoms with Crippen molar-refractivity contribution >= 4 is 5.91 Å². The van der Waals surface area contributed by atoms with Crippen LogP contribution < -0.4 is 4.74 Å². The number of carbonyl (C=O) groups is 1. The lowest BCUT2D eigenvalue weighted by Crippen LogP contribution is -2.36. The summed E-state index contributed by atoms with van der Waals surface area (Å²) < 4.78 is 19.0. The van der Waals surface area contributed by atoms with Crippen molar-refractivity contribution in [3.05, 3.63) is 65.0 Å². The molecular formula is C20H20FNO2. The van der Waals surface area contributed by atoms with Crippen molar-refractivity contribution < 1.29 is 13.9 Å². The molecule has 1 fully saturated rings. The Balaban J connectivity index is 1.73. The van der Waals surface area contributed by atoms with Crippen molar-refractivity contribution in [1.82, 2.24) is 4.90 Å². The molecule has 2 aromatic carbocycles. The van der Waals surface area contributed by atoms with Crippen molar-refractivity contribution in [2.24, 2.45) is 0 Å². The minimum Gasteiger partial charge on any atom is -0.496 e. The third-order valence-corrected chi connectivity index (χ3v) is 5.00. The highest BCUT2D eigenvalue weighted by Gasteiger charge is 2.41. The average molecular weight is 325 g/mol. The van der Waals surface area contributed by atoms with Crippen LogP contribution in [0.3, 0.4) is 0 Å². The molecule has 0 aromatic heterocycles. The highest BCUT2D eigenvalue weighted by atomic mass is 19.1. The van der Waals surface area contributed by atoms with Gasteiger partial charge in [-0.2, -0.15) is 0 Å². The highest BCUT2D eigenvalue weighted by Crippen LogP contribution is 2.43. The van der Waals surface area contributed by atoms with E-state index in [1.165, 1.54) is 36.4 Å². The summed E-state index contributed by atoms with van der Waals surface area (Å²) >= 11 is 0. The van der Waals surface area contributed by atoms with Gasteiger partial charge in [0.2, 0.25) is 0 Å². The molecule has 0 bridgehead atoms. The van der Waals surface area contributed by atoms with Crippen molar-refractivity contribution in [1.29, 1.82) is 0 Å². The maximum Gasteiger partial charge on any atom is 0.258 e. The summed E-state index contributed by atoms with van der Waals surface area (Å²) in [5.74, 6) is -0.115. The van der Waals surface area contributed by atoms with Crippen molar-refractivity contribution in [2.45, 2.75) is 37.8 Å². The molecule has 1 unspecified atom stereocenters. The fraction of sp³-hybridized carbons (Fsp3) is 0.350. The summed E-state index contributed by atoms with van der Waals surface area (Å²) in [6.07, 6.45) is 3.95. The van der Waals surface area contributed by atoms with E-state index in [0.717, 1.165) is 25.7 Å². The van der Waals surface area contributed by atoms with Crippen LogP contribution in [-0.4, -0.2) is 24.0 Å². The van der Waals surface area contributed by atoms with Gasteiger partial charge >= 0.3 is 0 Å². The first-order chi connectivity index (χ1) is 11.7. The predicted molar refractivity (Wildman–Crippen MR) is 89.6 cm³/mol. The van der Waals surface area contributed by atoms with Gasteiger partial charge in [0.05, 0.1) is 18.7 Å². The van der Waals surface area contributed by atoms with E-state index in [-0.39, 0.29) is 18.0 Å². The lowest BCUT2D eigenvalue weighted by atomic mass is 10.0. The minimum atomic E-state index is -0.415. The first-order valence-electron chi connectivity index (χ1n) is 8.43. The molecule has 0 N–H and O–H groups in total. The number of hydrogen-bond acceptors (Lipinski definition) is 2. The Morgan fingerprint density at radius 1 is 1.17 bits per heavy atom. The van der Waals surface area contributed by atoms with E-state index in [4.69, 9.17) is 4.74 Å². The zero-order chi connectivity index (χ0) is 16.7. The number of hydrogen-bond donors (Lipinski definition) is 0. The molecule has 0 aliphatic heterocycles. The molecule has 124 valence electrons. The topological polar surface area (TPSA) is 29.5 Å². The lowest BCUT2D eigenvalue weighted by molar-refractivity contribution is 0.0654. The zero-order valence-electron chi connectivity index (χ0n) is 13.7. The molecule has 1 amide bonds. The molecular weight excluding hydrogens is 305 g/mol. The largest absolute Gasteiger partial charge is 0.496 e. The van der Waals surface area contributed by atoms with Crippen LogP contribution in [0.2, 0.25) is 0 Å². The SMILES string of the molecule is COc1ccc(F)cc1C(=O)N(C1CC1)C1CCc2ccccc21. The Kier molecular flexibility index (Phi) is 3.75. The van der Waals surface area contributed by atoms with Crippen LogP contribution in [0.1, 0.15) is 46.8 Å². The Morgan fingerprint density at radius 2 is 1.96 bits per heavy atom. The van der Waals surface area contributed by atoms with Crippen LogP contribution >= 0.6 is 0 Å². The van der Waals surface area contributed by atoms with Crippen LogP contribution in [0.5, 0.6) is 5.75 Å². The molecule has 0 saturated heterocycles. The fourth-order valence-electron chi connectivity index (χ4n) is 3.72. The average Bonchev–Trinajstić information content (AvgIpc) is 3.35. The van der Waals surface area contributed by atoms with E-state index < -0.39 is 5.82 Å². The Bertz CT molecular complexity index is 785. The van der Waals surface area contributed by atoms with Crippen LogP contribution in [0, 0.1) is 5.82 Å². The number of amides is 1. The first-order valence-corrected chi connectivity index (χ1v) is 8.43. The maximum absolute atomic E-state index is 13.7. The summed E-state index contributed by atoms with van der Waals surface area (Å²) in [4.78, 5) is 15.2. The number of halogens is 1. The summed E-state index contributed by atoms with van der Waals surface area (Å²) in [6, 6.07) is 12.8. The summed E-state index contributed by atoms with van der Waals surface area (Å²) in [7, 11) is 1.51. The predicted octanol–water partition coefficient (Wildman–Crippen LogP) is 4.13. The Morgan fingerprint density at radius 3 is 2.71 bits per heavy atom. The molecule has 1 atom stereocenters. The summed E-state index contributed by atoms with van der Waals surface area (Å²) in [5, 5.41) is 0. The molecule has 0 heterocycles. The number of rotatable bonds is 4. The molecule has 4 heteroatoms. The minimum absolute atomic E-state index is 0.0779. The van der Waals surface area contributed by atoms with Gasteiger partial charge in [-0.3, -0.25) is 4.79 Å². The lowest BCUT2D eigenvalue weighted by Gasteiger charge is -2.30. The number of methoxy groups -OCH3 is 1. The fourth-order valence-corrected chi connectivity index (χ4v) is 3.72. The van der Waals surface area contributed by atoms with Gasteiger partial charge < -0.3 is 9.64 Å². The van der Waals surface area contributed by atoms with Gasteiger partial charge in [0.15, 0.2) is 0 Å². The Hall–Kier alpha value is -2.36. The normalized spacial score (nSPS) is 19.0. The number of ether oxygens (including phenoxy) is 1. The van der Waals surface area contributed by atoms with Crippen molar-refractivity contribution in [3.8, 4) is 5.75 Å². The zero-order valence-corrected chi connectivity index (χ0v) is 13.7. The van der Waals surface area contributed by atoms with Crippen molar-refractivity contribution in [2.75, 3.05) is 7.11 Å². The standard InChI is InChI=1S/C20H20FNO2/c1-24-19-11-7-14(21)12-17(19)20(23)22(15-8-9-15)18-10-6-13-4-2-3-5-16(13)18/h2-5,7,11-12,15,18H,6,8-10H2,1H3. The van der Waals surface area contributed by atoms with Gasteiger partial charge in [-0.25, -0.2) is 4.39 Å². The molecule has 0 spiro atoms. The van der Waals surface area contributed by atoms with E-state index in [2.05, 4.69) is 12.1 Å². The molecule has 0 radical (unpaired) electrons. The molecule has 4 rings (SSSR count). The first kappa shape index (κ1) is 15.2. The third kappa shape index (κ3) is 2.56. The number of carbonyl (C=O) groups excluding carboxylic acids is 1. The van der Waals surface area contributed by atoms with E-state index in [1.54, 1.807) is 0 Å². The summed E-state index contributed by atoms with van der Waals surface area (Å²) in [6.45, 7) is 0. The highest BCUT2D eigenvalue weighted by molar-refractivity contribution is 5.97. The molecule has 1 saturated carbocycles. The molecule has 2 aliphatic carbocycles. The van der Waals surface area contributed by atoms with E-state index >= 15 is 0 Å². The molecule has 2 aromatic rings. The smallest absolute Gasteiger partial charge is 0.258 e. The number of nitrogens with zero attached hydrogens (tertiary/aromatic N) is 1. The van der Waals surface area contributed by atoms with Gasteiger partial charge in [0.25, 0.3) is 5.91 Å². The molecule has 2 aliphatic rings. The second-order valence-electron chi connectivity index (χ2n) is 6.54. The van der Waals surface area contributed by atoms with Crippen LogP contribution in [0.4, 0.5) is 4.39 Å². The van der Waals surface area contributed by atoms with Gasteiger partial charge in [0, 0.05) is 6.04 Å². The van der Waals surface area contributed by atoms with E-state index in [1.807, 2.05) is 17.0 Å². The Labute approximate surface area is 141 Å². The van der Waals surface area contributed by atoms with Gasteiger partial charge in [0.1, 0.15) is 11.6 Å². The second kappa shape index (κ2) is 5.93. The summed E-state index contributed by atoms with van der Waals surface area (Å²) in [5.41, 5.74) is 2.86. The van der Waals surface area contributed by atoms with Gasteiger partial charge in [-0.1, -0.05) is 24.3 Å². The van der Waals surface area contributed by atoms with Gasteiger partial charge in [-0.05, 0) is 55.0 Å². The maximum atomic E-state index is 13.7. The third-order valence-electron chi connectivity index (χ3n) is 5.00. The van der Waals surface area contributed by atoms with Crippen LogP contribution in [0.25, 0.3) is 0 Å². The number of fused-ring (bicyclic) bond motifs is 1. The van der Waals surface area contributed by atoms with Crippen LogP contribution in [-0.2, 0) is 6.42 Å². The van der Waals surface area contributed by atoms with E-state index in [0.29, 0.717) is 11.3 Å². The molecule has 24 heavy (non-hydrogen) atoms. The molecule has 3 nitrogen and oxygen atoms in total. The monoisotopic (exact) mass is 325 g/mol. The van der Waals surface area contributed by atoms with Crippen molar-refractivity contribution in [3.63, 3.8) is 0 Å². The van der Waals surface area contributed by atoms with Gasteiger partial charge in [-0.15, -0.1) is 0 Å². The second-order valence-corrected chi connectivity index (χ2v) is 6.54. The van der Waals surface area contributed by atoms with E-state index in [9.17, 15) is 9.18 Å². The number of benzene rings is 2. The number of aryl methyl sites for hydroxylation is 1. The van der Waals surface area contributed by atoms with Crippen LogP contribution in [0.15, 0.2) is 42.5 Å². The quantitative estimate of drug-likeness (QED) is 0.846.